The van der Waals surface area contributed by atoms with Crippen LogP contribution in [0.1, 0.15) is 64.7 Å². The third-order valence-corrected chi connectivity index (χ3v) is 3.55. The third kappa shape index (κ3) is 25.3. The summed E-state index contributed by atoms with van der Waals surface area (Å²) in [6.45, 7) is 2.23. The van der Waals surface area contributed by atoms with Gasteiger partial charge in [-0.1, -0.05) is 69.7 Å². The van der Waals surface area contributed by atoms with Crippen molar-refractivity contribution in [2.24, 2.45) is 0 Å². The normalized spacial score (nSPS) is 12.3. The summed E-state index contributed by atoms with van der Waals surface area (Å²) in [5.41, 5.74) is -1.33. The molecule has 0 aromatic heterocycles. The van der Waals surface area contributed by atoms with Crippen molar-refractivity contribution in [2.75, 3.05) is 0 Å². The SMILES string of the molecule is CCCCCCCCCCC=CSC(O)C(=O)O.[CH3][Sn]([CH3])[CH3]. The minimum atomic E-state index is -1.33. The molecule has 2 N–H and O–H groups in total. The molecule has 0 amide bonds. The van der Waals surface area contributed by atoms with Crippen molar-refractivity contribution in [1.29, 1.82) is 0 Å². The van der Waals surface area contributed by atoms with Crippen LogP contribution in [0.5, 0.6) is 0 Å². The summed E-state index contributed by atoms with van der Waals surface area (Å²) < 4.78 is 0. The Bertz CT molecular complexity index is 268. The standard InChI is InChI=1S/C14H26O3S.3CH3.Sn/c1-2-3-4-5-6-7-8-9-10-11-12-18-14(17)13(15)16;;;;/h11-12,14,17H,2-10H2,1H3,(H,15,16);3*1H3;. The van der Waals surface area contributed by atoms with Gasteiger partial charge in [-0.2, -0.15) is 0 Å². The van der Waals surface area contributed by atoms with Gasteiger partial charge in [0.1, 0.15) is 0 Å². The molecular weight excluding hydrogens is 403 g/mol. The van der Waals surface area contributed by atoms with Crippen molar-refractivity contribution in [2.45, 2.75) is 85.0 Å². The second kappa shape index (κ2) is 19.4. The van der Waals surface area contributed by atoms with E-state index in [1.165, 1.54) is 44.9 Å². The van der Waals surface area contributed by atoms with Gasteiger partial charge in [-0.25, -0.2) is 4.79 Å². The van der Waals surface area contributed by atoms with Crippen molar-refractivity contribution in [1.82, 2.24) is 0 Å². The zero-order valence-electron chi connectivity index (χ0n) is 14.8. The Morgan fingerprint density at radius 3 is 1.95 bits per heavy atom. The average Bonchev–Trinajstić information content (AvgIpc) is 2.43. The monoisotopic (exact) mass is 439 g/mol. The summed E-state index contributed by atoms with van der Waals surface area (Å²) in [5.74, 6) is -1.18. The van der Waals surface area contributed by atoms with Crippen molar-refractivity contribution in [3.05, 3.63) is 11.5 Å². The Morgan fingerprint density at radius 1 is 1.05 bits per heavy atom. The van der Waals surface area contributed by atoms with Crippen LogP contribution in [-0.2, 0) is 4.79 Å². The van der Waals surface area contributed by atoms with Crippen LogP contribution in [-0.4, -0.2) is 41.4 Å². The molecule has 1 atom stereocenters. The van der Waals surface area contributed by atoms with Crippen molar-refractivity contribution < 1.29 is 15.0 Å². The average molecular weight is 438 g/mol. The number of unbranched alkanes of at least 4 members (excludes halogenated alkanes) is 8. The zero-order valence-corrected chi connectivity index (χ0v) is 18.5. The molecule has 0 heterocycles. The fraction of sp³-hybridized carbons (Fsp3) is 0.824. The maximum absolute atomic E-state index is 10.3. The van der Waals surface area contributed by atoms with E-state index < -0.39 is 31.2 Å². The first-order valence-electron chi connectivity index (χ1n) is 8.39. The summed E-state index contributed by atoms with van der Waals surface area (Å²) in [4.78, 5) is 17.4. The second-order valence-corrected chi connectivity index (χ2v) is 15.5. The predicted molar refractivity (Wildman–Crippen MR) is 101 cm³/mol. The molecule has 1 unspecified atom stereocenters. The van der Waals surface area contributed by atoms with Crippen LogP contribution in [0.2, 0.25) is 14.8 Å². The van der Waals surface area contributed by atoms with Crippen LogP contribution in [0.3, 0.4) is 0 Å². The first-order valence-corrected chi connectivity index (χ1v) is 17.9. The van der Waals surface area contributed by atoms with Gasteiger partial charge in [0.2, 0.25) is 5.44 Å². The van der Waals surface area contributed by atoms with E-state index in [9.17, 15) is 4.79 Å². The number of carboxylic acid groups (broad SMARTS) is 1. The van der Waals surface area contributed by atoms with Crippen LogP contribution in [0.4, 0.5) is 0 Å². The van der Waals surface area contributed by atoms with Crippen LogP contribution in [0.25, 0.3) is 0 Å². The van der Waals surface area contributed by atoms with Crippen molar-refractivity contribution in [3.63, 3.8) is 0 Å². The van der Waals surface area contributed by atoms with Gasteiger partial charge in [-0.05, 0) is 18.2 Å². The molecule has 0 spiro atoms. The van der Waals surface area contributed by atoms with Crippen LogP contribution in [0.15, 0.2) is 11.5 Å². The number of hydrogen-bond acceptors (Lipinski definition) is 3. The molecule has 0 rings (SSSR count). The number of allylic oxidation sites excluding steroid dienone is 1. The fourth-order valence-electron chi connectivity index (χ4n) is 1.65. The van der Waals surface area contributed by atoms with Gasteiger partial charge in [0.05, 0.1) is 0 Å². The van der Waals surface area contributed by atoms with Gasteiger partial charge in [0, 0.05) is 0 Å². The number of aliphatic hydroxyl groups is 1. The molecule has 0 bridgehead atoms. The summed E-state index contributed by atoms with van der Waals surface area (Å²) in [6.07, 6.45) is 13.3. The molecule has 1 radical (unpaired) electrons. The van der Waals surface area contributed by atoms with E-state index in [1.54, 1.807) is 5.41 Å². The maximum atomic E-state index is 10.3. The quantitative estimate of drug-likeness (QED) is 0.239. The Balaban J connectivity index is 0. The number of rotatable bonds is 12. The van der Waals surface area contributed by atoms with E-state index in [1.807, 2.05) is 6.08 Å². The summed E-state index contributed by atoms with van der Waals surface area (Å²) in [6, 6.07) is 0. The third-order valence-electron chi connectivity index (χ3n) is 2.74. The molecular formula is C17H35O3SSn. The second-order valence-electron chi connectivity index (χ2n) is 5.96. The molecule has 0 fully saturated rings. The summed E-state index contributed by atoms with van der Waals surface area (Å²) in [7, 11) is 0. The fourth-order valence-corrected chi connectivity index (χ4v) is 2.16. The van der Waals surface area contributed by atoms with Gasteiger partial charge in [0.15, 0.2) is 0 Å². The Morgan fingerprint density at radius 2 is 1.50 bits per heavy atom. The minimum absolute atomic E-state index is 0.543. The molecule has 0 saturated heterocycles. The van der Waals surface area contributed by atoms with E-state index in [0.717, 1.165) is 24.6 Å². The van der Waals surface area contributed by atoms with Crippen molar-refractivity contribution >= 4 is 37.5 Å². The molecule has 0 aromatic rings. The first kappa shape index (κ1) is 24.6. The van der Waals surface area contributed by atoms with Gasteiger partial charge in [-0.15, -0.1) is 0 Å². The number of carbonyl (C=O) groups is 1. The summed E-state index contributed by atoms with van der Waals surface area (Å²) >= 11 is 0.394. The first-order chi connectivity index (χ1) is 10.4. The van der Waals surface area contributed by atoms with E-state index in [0.29, 0.717) is 0 Å². The Labute approximate surface area is 148 Å². The zero-order chi connectivity index (χ0) is 17.2. The number of hydrogen-bond donors (Lipinski definition) is 2. The van der Waals surface area contributed by atoms with Crippen LogP contribution < -0.4 is 0 Å². The molecule has 0 aliphatic heterocycles. The van der Waals surface area contributed by atoms with E-state index >= 15 is 0 Å². The molecule has 5 heteroatoms. The molecule has 22 heavy (non-hydrogen) atoms. The molecule has 0 aromatic carbocycles. The predicted octanol–water partition coefficient (Wildman–Crippen LogP) is 5.54. The Hall–Kier alpha value is 0.319. The van der Waals surface area contributed by atoms with Gasteiger partial charge >= 0.3 is 40.5 Å². The molecule has 0 aliphatic carbocycles. The molecule has 131 valence electrons. The molecule has 3 nitrogen and oxygen atoms in total. The number of thioether (sulfide) groups is 1. The number of aliphatic hydroxyl groups excluding tert-OH is 1. The van der Waals surface area contributed by atoms with Gasteiger partial charge in [0.25, 0.3) is 0 Å². The molecule has 0 aliphatic rings. The Kier molecular flexibility index (Phi) is 21.6. The molecule has 0 saturated carbocycles. The van der Waals surface area contributed by atoms with E-state index in [-0.39, 0.29) is 0 Å². The van der Waals surface area contributed by atoms with E-state index in [4.69, 9.17) is 10.2 Å². The van der Waals surface area contributed by atoms with Crippen LogP contribution >= 0.6 is 11.8 Å². The van der Waals surface area contributed by atoms with Gasteiger partial charge in [-0.3, -0.25) is 0 Å². The van der Waals surface area contributed by atoms with E-state index in [2.05, 4.69) is 21.7 Å². The van der Waals surface area contributed by atoms with Crippen molar-refractivity contribution in [3.8, 4) is 0 Å². The van der Waals surface area contributed by atoms with Crippen LogP contribution in [0, 0.1) is 0 Å². The number of carboxylic acids is 1. The van der Waals surface area contributed by atoms with Gasteiger partial charge < -0.3 is 10.2 Å². The summed E-state index contributed by atoms with van der Waals surface area (Å²) in [5, 5.41) is 19.1. The topological polar surface area (TPSA) is 57.5 Å². The number of aliphatic carboxylic acids is 1.